The van der Waals surface area contributed by atoms with Gasteiger partial charge in [0.25, 0.3) is 0 Å². The molecule has 0 unspecified atom stereocenters. The van der Waals surface area contributed by atoms with Crippen LogP contribution in [0.3, 0.4) is 0 Å². The molecule has 1 N–H and O–H groups in total. The number of hydrogen-bond donors (Lipinski definition) is 1. The molecule has 1 atom stereocenters. The van der Waals surface area contributed by atoms with E-state index in [0.717, 1.165) is 22.4 Å². The van der Waals surface area contributed by atoms with Crippen molar-refractivity contribution in [2.45, 2.75) is 26.2 Å². The molecule has 6 nitrogen and oxygen atoms in total. The van der Waals surface area contributed by atoms with Gasteiger partial charge in [-0.1, -0.05) is 42.0 Å². The van der Waals surface area contributed by atoms with Crippen LogP contribution < -0.4 is 10.4 Å². The Bertz CT molecular complexity index is 812. The van der Waals surface area contributed by atoms with Gasteiger partial charge < -0.3 is 10.4 Å². The minimum absolute atomic E-state index is 0.170. The van der Waals surface area contributed by atoms with Gasteiger partial charge in [0.1, 0.15) is 0 Å². The minimum atomic E-state index is -0.539. The smallest absolute Gasteiger partial charge is 0.232 e. The first-order chi connectivity index (χ1) is 11.6. The lowest BCUT2D eigenvalue weighted by molar-refractivity contribution is -0.117. The molecule has 6 heteroatoms. The van der Waals surface area contributed by atoms with Gasteiger partial charge in [-0.2, -0.15) is 5.21 Å². The average molecular weight is 320 g/mol. The third kappa shape index (κ3) is 3.65. The molecule has 0 aliphatic rings. The van der Waals surface area contributed by atoms with Crippen LogP contribution in [0.15, 0.2) is 48.5 Å². The first-order valence-corrected chi connectivity index (χ1v) is 7.74. The van der Waals surface area contributed by atoms with Gasteiger partial charge in [-0.05, 0) is 43.5 Å². The fraction of sp³-hybridized carbons (Fsp3) is 0.222. The molecule has 0 aliphatic heterocycles. The molecule has 0 spiro atoms. The highest BCUT2D eigenvalue weighted by Crippen LogP contribution is 2.21. The Balaban J connectivity index is 1.83. The zero-order valence-corrected chi connectivity index (χ0v) is 13.6. The third-order valence-electron chi connectivity index (χ3n) is 3.97. The van der Waals surface area contributed by atoms with Gasteiger partial charge >= 0.3 is 0 Å². The summed E-state index contributed by atoms with van der Waals surface area (Å²) in [6.45, 7) is 4.02. The number of amides is 1. The normalized spacial score (nSPS) is 11.9. The maximum absolute atomic E-state index is 12.8. The van der Waals surface area contributed by atoms with E-state index in [0.29, 0.717) is 12.2 Å². The SMILES string of the molecule is Cc1ccc(NC(=O)[C@H](Cc2ccccc2C)c2nnn[n-]2)cc1. The number of nitrogens with zero attached hydrogens (tertiary/aromatic N) is 4. The van der Waals surface area contributed by atoms with Crippen LogP contribution in [0.4, 0.5) is 5.69 Å². The van der Waals surface area contributed by atoms with E-state index in [1.165, 1.54) is 0 Å². The fourth-order valence-electron chi connectivity index (χ4n) is 2.52. The van der Waals surface area contributed by atoms with Gasteiger partial charge in [-0.15, -0.1) is 0 Å². The van der Waals surface area contributed by atoms with Gasteiger partial charge in [0.15, 0.2) is 0 Å². The Morgan fingerprint density at radius 1 is 1.12 bits per heavy atom. The number of hydrogen-bond acceptors (Lipinski definition) is 4. The van der Waals surface area contributed by atoms with E-state index < -0.39 is 5.92 Å². The van der Waals surface area contributed by atoms with Crippen molar-refractivity contribution >= 4 is 11.6 Å². The molecule has 0 saturated carbocycles. The monoisotopic (exact) mass is 320 g/mol. The number of tetrazole rings is 1. The summed E-state index contributed by atoms with van der Waals surface area (Å²) in [5, 5.41) is 17.7. The van der Waals surface area contributed by atoms with Crippen molar-refractivity contribution < 1.29 is 4.79 Å². The lowest BCUT2D eigenvalue weighted by atomic mass is 9.94. The van der Waals surface area contributed by atoms with E-state index in [-0.39, 0.29) is 5.91 Å². The molecule has 1 amide bonds. The van der Waals surface area contributed by atoms with Crippen LogP contribution in [0.5, 0.6) is 0 Å². The lowest BCUT2D eigenvalue weighted by Crippen LogP contribution is -2.24. The molecule has 0 aliphatic carbocycles. The Morgan fingerprint density at radius 3 is 2.54 bits per heavy atom. The van der Waals surface area contributed by atoms with E-state index in [9.17, 15) is 4.79 Å². The number of anilines is 1. The predicted octanol–water partition coefficient (Wildman–Crippen LogP) is 2.41. The zero-order chi connectivity index (χ0) is 16.9. The highest BCUT2D eigenvalue weighted by Gasteiger charge is 2.21. The van der Waals surface area contributed by atoms with E-state index in [4.69, 9.17) is 0 Å². The summed E-state index contributed by atoms with van der Waals surface area (Å²) >= 11 is 0. The first-order valence-electron chi connectivity index (χ1n) is 7.74. The van der Waals surface area contributed by atoms with Gasteiger partial charge in [0.2, 0.25) is 5.91 Å². The van der Waals surface area contributed by atoms with E-state index >= 15 is 0 Å². The Hall–Kier alpha value is -3.02. The van der Waals surface area contributed by atoms with Crippen molar-refractivity contribution in [2.75, 3.05) is 5.32 Å². The van der Waals surface area contributed by atoms with E-state index in [1.807, 2.05) is 62.4 Å². The molecule has 2 aromatic carbocycles. The summed E-state index contributed by atoms with van der Waals surface area (Å²) in [7, 11) is 0. The van der Waals surface area contributed by atoms with Crippen LogP contribution in [0, 0.1) is 13.8 Å². The highest BCUT2D eigenvalue weighted by atomic mass is 16.1. The molecule has 3 aromatic rings. The maximum atomic E-state index is 12.8. The van der Waals surface area contributed by atoms with Crippen LogP contribution in [-0.4, -0.2) is 21.4 Å². The fourth-order valence-corrected chi connectivity index (χ4v) is 2.52. The second kappa shape index (κ2) is 7.04. The lowest BCUT2D eigenvalue weighted by Gasteiger charge is -2.18. The highest BCUT2D eigenvalue weighted by molar-refractivity contribution is 5.95. The van der Waals surface area contributed by atoms with Gasteiger partial charge in [-0.3, -0.25) is 15.1 Å². The van der Waals surface area contributed by atoms with E-state index in [1.54, 1.807) is 0 Å². The summed E-state index contributed by atoms with van der Waals surface area (Å²) < 4.78 is 0. The van der Waals surface area contributed by atoms with Gasteiger partial charge in [0.05, 0.1) is 5.92 Å². The predicted molar refractivity (Wildman–Crippen MR) is 90.6 cm³/mol. The topological polar surface area (TPSA) is 81.9 Å². The van der Waals surface area contributed by atoms with E-state index in [2.05, 4.69) is 25.9 Å². The standard InChI is InChI=1S/C18H19N5O/c1-12-7-9-15(10-8-12)19-18(24)16(17-20-22-23-21-17)11-14-6-4-3-5-13(14)2/h3-10,16H,11H2,1-2H3,(H2,19,20,21,22,23,24)/p-1/t16-/m1/s1. The molecular formula is C18H18N5O-. The van der Waals surface area contributed by atoms with Crippen LogP contribution in [0.2, 0.25) is 0 Å². The van der Waals surface area contributed by atoms with Gasteiger partial charge in [-0.25, -0.2) is 0 Å². The Kier molecular flexibility index (Phi) is 4.65. The molecule has 0 radical (unpaired) electrons. The first kappa shape index (κ1) is 15.9. The van der Waals surface area contributed by atoms with Crippen molar-refractivity contribution in [3.63, 3.8) is 0 Å². The number of rotatable bonds is 5. The molecule has 0 fully saturated rings. The number of carbonyl (C=O) groups is 1. The molecular weight excluding hydrogens is 302 g/mol. The molecule has 1 aromatic heterocycles. The second-order valence-electron chi connectivity index (χ2n) is 5.78. The molecule has 122 valence electrons. The number of carbonyl (C=O) groups excluding carboxylic acids is 1. The third-order valence-corrected chi connectivity index (χ3v) is 3.97. The van der Waals surface area contributed by atoms with Gasteiger partial charge in [0, 0.05) is 11.5 Å². The number of aryl methyl sites for hydroxylation is 2. The Morgan fingerprint density at radius 2 is 1.88 bits per heavy atom. The number of nitrogens with one attached hydrogen (secondary N) is 1. The molecule has 0 saturated heterocycles. The number of benzene rings is 2. The summed E-state index contributed by atoms with van der Waals surface area (Å²) in [5.74, 6) is -0.373. The molecule has 0 bridgehead atoms. The summed E-state index contributed by atoms with van der Waals surface area (Å²) in [6, 6.07) is 15.6. The number of aromatic nitrogens is 4. The second-order valence-corrected chi connectivity index (χ2v) is 5.78. The molecule has 24 heavy (non-hydrogen) atoms. The van der Waals surface area contributed by atoms with Crippen molar-refractivity contribution in [3.05, 3.63) is 71.0 Å². The molecule has 1 heterocycles. The van der Waals surface area contributed by atoms with Crippen LogP contribution >= 0.6 is 0 Å². The van der Waals surface area contributed by atoms with Crippen molar-refractivity contribution in [3.8, 4) is 0 Å². The van der Waals surface area contributed by atoms with Crippen LogP contribution in [0.25, 0.3) is 0 Å². The zero-order valence-electron chi connectivity index (χ0n) is 13.6. The average Bonchev–Trinajstić information content (AvgIpc) is 3.10. The van der Waals surface area contributed by atoms with Crippen LogP contribution in [0.1, 0.15) is 28.4 Å². The van der Waals surface area contributed by atoms with Crippen molar-refractivity contribution in [1.29, 1.82) is 0 Å². The maximum Gasteiger partial charge on any atom is 0.232 e. The van der Waals surface area contributed by atoms with Crippen LogP contribution in [-0.2, 0) is 11.2 Å². The minimum Gasteiger partial charge on any atom is -0.335 e. The van der Waals surface area contributed by atoms with Crippen molar-refractivity contribution in [2.24, 2.45) is 0 Å². The van der Waals surface area contributed by atoms with Crippen molar-refractivity contribution in [1.82, 2.24) is 20.6 Å². The summed E-state index contributed by atoms with van der Waals surface area (Å²) in [6.07, 6.45) is 0.498. The Labute approximate surface area is 140 Å². The quantitative estimate of drug-likeness (QED) is 0.780. The largest absolute Gasteiger partial charge is 0.335 e. The molecule has 3 rings (SSSR count). The summed E-state index contributed by atoms with van der Waals surface area (Å²) in [5.41, 5.74) is 4.08. The summed E-state index contributed by atoms with van der Waals surface area (Å²) in [4.78, 5) is 12.8.